The van der Waals surface area contributed by atoms with E-state index < -0.39 is 6.17 Å². The smallest absolute Gasteiger partial charge is 0.170 e. The van der Waals surface area contributed by atoms with E-state index in [1.165, 1.54) is 10.8 Å². The summed E-state index contributed by atoms with van der Waals surface area (Å²) in [7, 11) is 0. The van der Waals surface area contributed by atoms with E-state index in [4.69, 9.17) is 18.8 Å². The molecule has 1 atom stereocenters. The third-order valence-electron chi connectivity index (χ3n) is 10.3. The van der Waals surface area contributed by atoms with Crippen molar-refractivity contribution in [3.8, 4) is 11.1 Å². The molecule has 5 nitrogen and oxygen atoms in total. The number of para-hydroxylation sites is 1. The number of nitrogens with one attached hydrogen (secondary N) is 1. The van der Waals surface area contributed by atoms with Gasteiger partial charge in [0, 0.05) is 38.2 Å². The molecule has 0 saturated heterocycles. The van der Waals surface area contributed by atoms with Gasteiger partial charge in [-0.3, -0.25) is 0 Å². The molecule has 0 spiro atoms. The lowest BCUT2D eigenvalue weighted by Gasteiger charge is -2.24. The van der Waals surface area contributed by atoms with Crippen LogP contribution in [0.25, 0.3) is 76.5 Å². The van der Waals surface area contributed by atoms with Gasteiger partial charge >= 0.3 is 0 Å². The maximum absolute atomic E-state index is 6.49. The zero-order valence-electron chi connectivity index (χ0n) is 27.9. The molecule has 11 rings (SSSR count). The fourth-order valence-electron chi connectivity index (χ4n) is 7.87. The first-order chi connectivity index (χ1) is 25.7. The molecule has 8 aromatic carbocycles. The molecule has 5 heteroatoms. The number of benzene rings is 8. The van der Waals surface area contributed by atoms with E-state index in [0.717, 1.165) is 94.1 Å². The molecule has 1 aliphatic heterocycles. The molecule has 10 aromatic rings. The standard InChI is InChI=1S/C47H29N3O2/c1-2-11-28(12-3-1)45-48-46(50-47(49-45)38-27-31-13-4-5-14-32(31)33-15-6-7-16-34(33)38)36-18-10-20-43-44(36)39-26-30(22-24-42(39)52-43)29-21-23-41-37(25-29)35-17-8-9-19-40(35)51-41/h1-27,46H,(H,48,49,50). The summed E-state index contributed by atoms with van der Waals surface area (Å²) in [6.45, 7) is 0. The van der Waals surface area contributed by atoms with Crippen LogP contribution in [-0.2, 0) is 0 Å². The summed E-state index contributed by atoms with van der Waals surface area (Å²) in [6, 6.07) is 56.9. The van der Waals surface area contributed by atoms with Crippen LogP contribution in [0.5, 0.6) is 0 Å². The first-order valence-electron chi connectivity index (χ1n) is 17.5. The molecule has 244 valence electrons. The van der Waals surface area contributed by atoms with E-state index in [-0.39, 0.29) is 0 Å². The Hall–Kier alpha value is -6.98. The Morgan fingerprint density at radius 2 is 1.02 bits per heavy atom. The van der Waals surface area contributed by atoms with Gasteiger partial charge in [0.05, 0.1) is 0 Å². The van der Waals surface area contributed by atoms with Crippen LogP contribution in [0.4, 0.5) is 0 Å². The van der Waals surface area contributed by atoms with Crippen molar-refractivity contribution in [3.05, 3.63) is 180 Å². The number of nitrogens with zero attached hydrogens (tertiary/aromatic N) is 2. The summed E-state index contributed by atoms with van der Waals surface area (Å²) in [5, 5.41) is 12.6. The van der Waals surface area contributed by atoms with Crippen LogP contribution < -0.4 is 5.32 Å². The minimum atomic E-state index is -0.515. The Balaban J connectivity index is 1.11. The first kappa shape index (κ1) is 28.8. The number of aliphatic imine (C=N–C) groups is 2. The van der Waals surface area contributed by atoms with Crippen molar-refractivity contribution in [2.75, 3.05) is 0 Å². The number of rotatable bonds is 4. The Morgan fingerprint density at radius 3 is 1.87 bits per heavy atom. The summed E-state index contributed by atoms with van der Waals surface area (Å²) in [5.74, 6) is 1.56. The lowest BCUT2D eigenvalue weighted by atomic mass is 9.96. The third-order valence-corrected chi connectivity index (χ3v) is 10.3. The van der Waals surface area contributed by atoms with Gasteiger partial charge in [-0.05, 0) is 75.1 Å². The predicted octanol–water partition coefficient (Wildman–Crippen LogP) is 12.0. The van der Waals surface area contributed by atoms with Gasteiger partial charge in [-0.15, -0.1) is 0 Å². The number of amidine groups is 2. The average molecular weight is 668 g/mol. The topological polar surface area (TPSA) is 63.0 Å². The second-order valence-corrected chi connectivity index (χ2v) is 13.4. The highest BCUT2D eigenvalue weighted by molar-refractivity contribution is 6.24. The highest BCUT2D eigenvalue weighted by Gasteiger charge is 2.25. The third kappa shape index (κ3) is 4.49. The Kier molecular flexibility index (Phi) is 6.25. The van der Waals surface area contributed by atoms with Gasteiger partial charge in [0.1, 0.15) is 34.0 Å². The summed E-state index contributed by atoms with van der Waals surface area (Å²) >= 11 is 0. The number of furan rings is 2. The van der Waals surface area contributed by atoms with Crippen molar-refractivity contribution in [2.24, 2.45) is 9.98 Å². The molecule has 0 amide bonds. The second kappa shape index (κ2) is 11.3. The van der Waals surface area contributed by atoms with Crippen molar-refractivity contribution in [2.45, 2.75) is 6.17 Å². The van der Waals surface area contributed by atoms with Gasteiger partial charge in [0.25, 0.3) is 0 Å². The monoisotopic (exact) mass is 667 g/mol. The van der Waals surface area contributed by atoms with Gasteiger partial charge in [-0.1, -0.05) is 121 Å². The molecule has 2 aromatic heterocycles. The quantitative estimate of drug-likeness (QED) is 0.190. The van der Waals surface area contributed by atoms with Crippen LogP contribution in [-0.4, -0.2) is 11.7 Å². The van der Waals surface area contributed by atoms with E-state index in [2.05, 4.69) is 127 Å². The van der Waals surface area contributed by atoms with Gasteiger partial charge in [0.2, 0.25) is 0 Å². The van der Waals surface area contributed by atoms with Crippen molar-refractivity contribution in [1.82, 2.24) is 5.32 Å². The molecule has 1 unspecified atom stereocenters. The molecular weight excluding hydrogens is 639 g/mol. The van der Waals surface area contributed by atoms with Crippen LogP contribution in [0.1, 0.15) is 22.9 Å². The van der Waals surface area contributed by atoms with E-state index >= 15 is 0 Å². The molecule has 0 bridgehead atoms. The molecule has 0 radical (unpaired) electrons. The maximum atomic E-state index is 6.49. The molecule has 0 aliphatic carbocycles. The van der Waals surface area contributed by atoms with Crippen LogP contribution in [0.3, 0.4) is 0 Å². The maximum Gasteiger partial charge on any atom is 0.170 e. The fraction of sp³-hybridized carbons (Fsp3) is 0.0213. The highest BCUT2D eigenvalue weighted by Crippen LogP contribution is 2.40. The zero-order chi connectivity index (χ0) is 34.2. The molecular formula is C47H29N3O2. The van der Waals surface area contributed by atoms with Crippen LogP contribution in [0, 0.1) is 0 Å². The van der Waals surface area contributed by atoms with Crippen molar-refractivity contribution < 1.29 is 8.83 Å². The van der Waals surface area contributed by atoms with Crippen LogP contribution in [0.2, 0.25) is 0 Å². The lowest BCUT2D eigenvalue weighted by Crippen LogP contribution is -2.36. The second-order valence-electron chi connectivity index (χ2n) is 13.4. The van der Waals surface area contributed by atoms with E-state index in [1.54, 1.807) is 0 Å². The van der Waals surface area contributed by atoms with Crippen molar-refractivity contribution in [1.29, 1.82) is 0 Å². The number of hydrogen-bond donors (Lipinski definition) is 1. The minimum absolute atomic E-state index is 0.515. The molecule has 0 fully saturated rings. The predicted molar refractivity (Wildman–Crippen MR) is 213 cm³/mol. The number of hydrogen-bond acceptors (Lipinski definition) is 5. The molecule has 52 heavy (non-hydrogen) atoms. The largest absolute Gasteiger partial charge is 0.456 e. The van der Waals surface area contributed by atoms with Crippen molar-refractivity contribution >= 4 is 77.1 Å². The molecule has 1 N–H and O–H groups in total. The SMILES string of the molecule is c1ccc(C2=NC(c3cccc4oc5ccc(-c6ccc7oc8ccccc8c7c6)cc5c34)N=C(c3cc4ccccc4c4ccccc34)N2)cc1. The first-order valence-corrected chi connectivity index (χ1v) is 17.5. The van der Waals surface area contributed by atoms with E-state index in [9.17, 15) is 0 Å². The number of fused-ring (bicyclic) bond motifs is 9. The summed E-state index contributed by atoms with van der Waals surface area (Å²) < 4.78 is 12.6. The average Bonchev–Trinajstić information content (AvgIpc) is 3.78. The van der Waals surface area contributed by atoms with Gasteiger partial charge in [0.15, 0.2) is 6.17 Å². The van der Waals surface area contributed by atoms with E-state index in [1.807, 2.05) is 42.5 Å². The van der Waals surface area contributed by atoms with Gasteiger partial charge in [-0.25, -0.2) is 9.98 Å². The molecule has 0 saturated carbocycles. The summed E-state index contributed by atoms with van der Waals surface area (Å²) in [4.78, 5) is 10.7. The summed E-state index contributed by atoms with van der Waals surface area (Å²) in [6.07, 6.45) is -0.515. The van der Waals surface area contributed by atoms with Crippen LogP contribution >= 0.6 is 0 Å². The van der Waals surface area contributed by atoms with Gasteiger partial charge < -0.3 is 14.2 Å². The Morgan fingerprint density at radius 1 is 0.404 bits per heavy atom. The van der Waals surface area contributed by atoms with Crippen LogP contribution in [0.15, 0.2) is 183 Å². The minimum Gasteiger partial charge on any atom is -0.456 e. The Labute approximate surface area is 298 Å². The van der Waals surface area contributed by atoms with Gasteiger partial charge in [-0.2, -0.15) is 0 Å². The highest BCUT2D eigenvalue weighted by atomic mass is 16.3. The normalized spacial score (nSPS) is 14.7. The fourth-order valence-corrected chi connectivity index (χ4v) is 7.87. The Bertz CT molecular complexity index is 3110. The lowest BCUT2D eigenvalue weighted by molar-refractivity contribution is 0.667. The molecule has 1 aliphatic rings. The summed E-state index contributed by atoms with van der Waals surface area (Å²) in [5.41, 5.74) is 8.65. The van der Waals surface area contributed by atoms with E-state index in [0.29, 0.717) is 0 Å². The zero-order valence-corrected chi connectivity index (χ0v) is 27.9. The van der Waals surface area contributed by atoms with Crippen molar-refractivity contribution in [3.63, 3.8) is 0 Å². The molecule has 3 heterocycles.